The summed E-state index contributed by atoms with van der Waals surface area (Å²) in [7, 11) is 1.36. The first-order chi connectivity index (χ1) is 13.4. The van der Waals surface area contributed by atoms with Crippen molar-refractivity contribution in [3.05, 3.63) is 70.0 Å². The number of hydrogen-bond donors (Lipinski definition) is 1. The Morgan fingerprint density at radius 3 is 2.79 bits per heavy atom. The molecule has 0 saturated heterocycles. The van der Waals surface area contributed by atoms with Crippen molar-refractivity contribution in [2.24, 2.45) is 0 Å². The number of carbonyl (C=O) groups excluding carboxylic acids is 2. The van der Waals surface area contributed by atoms with Crippen LogP contribution in [0.15, 0.2) is 42.5 Å². The van der Waals surface area contributed by atoms with E-state index in [1.54, 1.807) is 11.0 Å². The zero-order valence-electron chi connectivity index (χ0n) is 15.5. The molecule has 0 aromatic heterocycles. The van der Waals surface area contributed by atoms with Gasteiger partial charge in [-0.15, -0.1) is 0 Å². The van der Waals surface area contributed by atoms with Crippen LogP contribution in [0.3, 0.4) is 0 Å². The number of amides is 2. The summed E-state index contributed by atoms with van der Waals surface area (Å²) in [6.07, 6.45) is 3.04. The maximum absolute atomic E-state index is 13.8. The molecule has 2 aromatic carbocycles. The topological polar surface area (TPSA) is 58.6 Å². The largest absolute Gasteiger partial charge is 0.452 e. The summed E-state index contributed by atoms with van der Waals surface area (Å²) in [4.78, 5) is 25.5. The highest BCUT2D eigenvalue weighted by molar-refractivity contribution is 6.30. The molecule has 7 heteroatoms. The number of halogens is 2. The molecule has 5 nitrogen and oxygen atoms in total. The average Bonchev–Trinajstić information content (AvgIpc) is 3.09. The van der Waals surface area contributed by atoms with E-state index < -0.39 is 5.82 Å². The van der Waals surface area contributed by atoms with E-state index in [-0.39, 0.29) is 23.6 Å². The lowest BCUT2D eigenvalue weighted by atomic mass is 10.0. The third-order valence-electron chi connectivity index (χ3n) is 4.63. The summed E-state index contributed by atoms with van der Waals surface area (Å²) in [5.74, 6) is -0.822. The first kappa shape index (κ1) is 19.9. The van der Waals surface area contributed by atoms with Gasteiger partial charge in [-0.1, -0.05) is 29.8 Å². The molecule has 0 saturated carbocycles. The predicted octanol–water partition coefficient (Wildman–Crippen LogP) is 4.50. The van der Waals surface area contributed by atoms with Crippen LogP contribution in [-0.2, 0) is 16.0 Å². The Morgan fingerprint density at radius 2 is 2.07 bits per heavy atom. The van der Waals surface area contributed by atoms with Gasteiger partial charge in [-0.05, 0) is 48.7 Å². The van der Waals surface area contributed by atoms with Crippen molar-refractivity contribution < 1.29 is 18.7 Å². The van der Waals surface area contributed by atoms with Crippen LogP contribution in [0.25, 0.3) is 6.08 Å². The van der Waals surface area contributed by atoms with E-state index in [0.29, 0.717) is 11.6 Å². The monoisotopic (exact) mass is 402 g/mol. The minimum absolute atomic E-state index is 0.246. The number of nitrogens with zero attached hydrogens (tertiary/aromatic N) is 1. The highest BCUT2D eigenvalue weighted by Crippen LogP contribution is 2.31. The third-order valence-corrected chi connectivity index (χ3v) is 4.86. The molecule has 0 fully saturated rings. The van der Waals surface area contributed by atoms with Crippen LogP contribution in [0.2, 0.25) is 5.02 Å². The van der Waals surface area contributed by atoms with Gasteiger partial charge in [-0.25, -0.2) is 9.18 Å². The van der Waals surface area contributed by atoms with Gasteiger partial charge in [0.2, 0.25) is 5.91 Å². The van der Waals surface area contributed by atoms with Crippen LogP contribution in [-0.4, -0.2) is 25.7 Å². The second-order valence-electron chi connectivity index (χ2n) is 6.49. The summed E-state index contributed by atoms with van der Waals surface area (Å²) in [6.45, 7) is 2.44. The van der Waals surface area contributed by atoms with Crippen LogP contribution in [0, 0.1) is 5.82 Å². The molecule has 1 aliphatic rings. The number of nitrogens with one attached hydrogen (secondary N) is 1. The Hall–Kier alpha value is -2.86. The summed E-state index contributed by atoms with van der Waals surface area (Å²) >= 11 is 5.72. The van der Waals surface area contributed by atoms with Gasteiger partial charge >= 0.3 is 6.09 Å². The Balaban J connectivity index is 1.66. The van der Waals surface area contributed by atoms with Crippen molar-refractivity contribution in [2.75, 3.05) is 18.6 Å². The van der Waals surface area contributed by atoms with Crippen LogP contribution in [0.4, 0.5) is 14.9 Å². The Morgan fingerprint density at radius 1 is 1.29 bits per heavy atom. The van der Waals surface area contributed by atoms with E-state index in [0.717, 1.165) is 23.2 Å². The minimum atomic E-state index is -0.488. The Labute approximate surface area is 167 Å². The van der Waals surface area contributed by atoms with Crippen molar-refractivity contribution >= 4 is 35.4 Å². The quantitative estimate of drug-likeness (QED) is 0.766. The molecule has 146 valence electrons. The van der Waals surface area contributed by atoms with Gasteiger partial charge in [0.05, 0.1) is 18.8 Å². The lowest BCUT2D eigenvalue weighted by Crippen LogP contribution is -2.28. The first-order valence-electron chi connectivity index (χ1n) is 8.81. The average molecular weight is 403 g/mol. The molecular formula is C21H20ClFN2O3. The maximum Gasteiger partial charge on any atom is 0.414 e. The zero-order chi connectivity index (χ0) is 20.3. The maximum atomic E-state index is 13.8. The fourth-order valence-corrected chi connectivity index (χ4v) is 3.30. The molecule has 0 spiro atoms. The van der Waals surface area contributed by atoms with Gasteiger partial charge in [0.1, 0.15) is 5.82 Å². The SMILES string of the molecule is COC(=O)N1CCc2cc(C(C)NC(=O)C=Cc3ccc(Cl)cc3F)ccc21. The molecule has 2 amide bonds. The van der Waals surface area contributed by atoms with Gasteiger partial charge in [0.15, 0.2) is 0 Å². The number of anilines is 1. The molecule has 1 atom stereocenters. The zero-order valence-corrected chi connectivity index (χ0v) is 16.3. The van der Waals surface area contributed by atoms with Crippen molar-refractivity contribution in [3.63, 3.8) is 0 Å². The molecule has 28 heavy (non-hydrogen) atoms. The molecule has 1 heterocycles. The van der Waals surface area contributed by atoms with Crippen LogP contribution in [0.5, 0.6) is 0 Å². The molecule has 0 aliphatic carbocycles. The molecule has 1 N–H and O–H groups in total. The molecule has 3 rings (SSSR count). The number of hydrogen-bond acceptors (Lipinski definition) is 3. The summed E-state index contributed by atoms with van der Waals surface area (Å²) in [5, 5.41) is 3.16. The molecule has 1 unspecified atom stereocenters. The predicted molar refractivity (Wildman–Crippen MR) is 107 cm³/mol. The summed E-state index contributed by atoms with van der Waals surface area (Å²) in [5.41, 5.74) is 3.06. The van der Waals surface area contributed by atoms with Gasteiger partial charge in [0, 0.05) is 23.2 Å². The van der Waals surface area contributed by atoms with E-state index in [2.05, 4.69) is 5.32 Å². The lowest BCUT2D eigenvalue weighted by molar-refractivity contribution is -0.117. The first-order valence-corrected chi connectivity index (χ1v) is 9.18. The number of carbonyl (C=O) groups is 2. The fourth-order valence-electron chi connectivity index (χ4n) is 3.14. The Bertz CT molecular complexity index is 945. The molecule has 1 aliphatic heterocycles. The second kappa shape index (κ2) is 8.44. The Kier molecular flexibility index (Phi) is 5.99. The van der Waals surface area contributed by atoms with Gasteiger partial charge in [0.25, 0.3) is 0 Å². The summed E-state index contributed by atoms with van der Waals surface area (Å²) < 4.78 is 18.6. The standard InChI is InChI=1S/C21H20ClFN2O3/c1-13(24-20(26)8-5-14-3-6-17(22)12-18(14)23)15-4-7-19-16(11-15)9-10-25(19)21(27)28-2/h3-8,11-13H,9-10H2,1-2H3,(H,24,26). The minimum Gasteiger partial charge on any atom is -0.452 e. The van der Waals surface area contributed by atoms with Gasteiger partial charge in [-0.2, -0.15) is 0 Å². The van der Waals surface area contributed by atoms with Crippen molar-refractivity contribution in [1.82, 2.24) is 5.32 Å². The lowest BCUT2D eigenvalue weighted by Gasteiger charge is -2.17. The summed E-state index contributed by atoms with van der Waals surface area (Å²) in [6, 6.07) is 9.73. The normalized spacial score (nSPS) is 14.1. The van der Waals surface area contributed by atoms with Crippen LogP contribution < -0.4 is 10.2 Å². The van der Waals surface area contributed by atoms with Gasteiger partial charge < -0.3 is 10.1 Å². The number of methoxy groups -OCH3 is 1. The number of rotatable bonds is 4. The van der Waals surface area contributed by atoms with Crippen molar-refractivity contribution in [1.29, 1.82) is 0 Å². The molecule has 0 radical (unpaired) electrons. The highest BCUT2D eigenvalue weighted by Gasteiger charge is 2.25. The smallest absolute Gasteiger partial charge is 0.414 e. The van der Waals surface area contributed by atoms with Crippen molar-refractivity contribution in [3.8, 4) is 0 Å². The van der Waals surface area contributed by atoms with E-state index in [4.69, 9.17) is 16.3 Å². The third kappa shape index (κ3) is 4.34. The highest BCUT2D eigenvalue weighted by atomic mass is 35.5. The molecule has 0 bridgehead atoms. The number of ether oxygens (including phenoxy) is 1. The number of fused-ring (bicyclic) bond motifs is 1. The molecule has 2 aromatic rings. The van der Waals surface area contributed by atoms with E-state index in [1.807, 2.05) is 25.1 Å². The number of benzene rings is 2. The molecular weight excluding hydrogens is 383 g/mol. The van der Waals surface area contributed by atoms with E-state index in [1.165, 1.54) is 31.4 Å². The van der Waals surface area contributed by atoms with Crippen molar-refractivity contribution in [2.45, 2.75) is 19.4 Å². The van der Waals surface area contributed by atoms with E-state index >= 15 is 0 Å². The van der Waals surface area contributed by atoms with E-state index in [9.17, 15) is 14.0 Å². The van der Waals surface area contributed by atoms with Crippen LogP contribution >= 0.6 is 11.6 Å². The van der Waals surface area contributed by atoms with Crippen LogP contribution in [0.1, 0.15) is 29.7 Å². The van der Waals surface area contributed by atoms with Gasteiger partial charge in [-0.3, -0.25) is 9.69 Å². The second-order valence-corrected chi connectivity index (χ2v) is 6.93. The fraction of sp³-hybridized carbons (Fsp3) is 0.238.